The largest absolute Gasteiger partial charge is 0.573 e. The van der Waals surface area contributed by atoms with E-state index in [-0.39, 0.29) is 18.1 Å². The van der Waals surface area contributed by atoms with Crippen molar-refractivity contribution in [3.63, 3.8) is 0 Å². The van der Waals surface area contributed by atoms with Gasteiger partial charge < -0.3 is 18.6 Å². The quantitative estimate of drug-likeness (QED) is 0.393. The fourth-order valence-corrected chi connectivity index (χ4v) is 3.18. The minimum absolute atomic E-state index is 0.159. The fraction of sp³-hybridized carbons (Fsp3) is 0.333. The van der Waals surface area contributed by atoms with Crippen LogP contribution in [-0.4, -0.2) is 31.0 Å². The molecule has 0 saturated heterocycles. The molecule has 1 heterocycles. The summed E-state index contributed by atoms with van der Waals surface area (Å²) >= 11 is 0. The van der Waals surface area contributed by atoms with Crippen LogP contribution in [0.15, 0.2) is 46.9 Å². The molecule has 0 aliphatic rings. The number of oxazole rings is 1. The van der Waals surface area contributed by atoms with Crippen molar-refractivity contribution in [1.82, 2.24) is 4.98 Å². The second kappa shape index (κ2) is 10.4. The number of carbonyl (C=O) groups excluding carboxylic acids is 1. The average molecular weight is 463 g/mol. The van der Waals surface area contributed by atoms with Gasteiger partial charge in [-0.3, -0.25) is 4.79 Å². The molecule has 0 N–H and O–H groups in total. The van der Waals surface area contributed by atoms with Gasteiger partial charge in [-0.25, -0.2) is 4.98 Å². The molecule has 33 heavy (non-hydrogen) atoms. The number of aryl methyl sites for hydroxylation is 2. The lowest BCUT2D eigenvalue weighted by Gasteiger charge is -2.10. The Kier molecular flexibility index (Phi) is 7.63. The molecule has 0 spiro atoms. The second-order valence-electron chi connectivity index (χ2n) is 7.27. The molecule has 3 aromatic rings. The third kappa shape index (κ3) is 6.74. The number of hydrogen-bond acceptors (Lipinski definition) is 6. The lowest BCUT2D eigenvalue weighted by atomic mass is 10.1. The van der Waals surface area contributed by atoms with Gasteiger partial charge in [-0.2, -0.15) is 0 Å². The zero-order chi connectivity index (χ0) is 24.0. The highest BCUT2D eigenvalue weighted by Crippen LogP contribution is 2.28. The molecule has 0 atom stereocenters. The molecule has 176 valence electrons. The van der Waals surface area contributed by atoms with Crippen molar-refractivity contribution in [2.24, 2.45) is 0 Å². The van der Waals surface area contributed by atoms with Crippen LogP contribution in [-0.2, 0) is 28.8 Å². The first-order chi connectivity index (χ1) is 15.7. The van der Waals surface area contributed by atoms with Crippen molar-refractivity contribution >= 4 is 5.97 Å². The predicted octanol–water partition coefficient (Wildman–Crippen LogP) is 5.45. The smallest absolute Gasteiger partial charge is 0.493 e. The first-order valence-electron chi connectivity index (χ1n) is 10.3. The lowest BCUT2D eigenvalue weighted by molar-refractivity contribution is -0.274. The van der Waals surface area contributed by atoms with E-state index in [4.69, 9.17) is 13.9 Å². The van der Waals surface area contributed by atoms with Crippen molar-refractivity contribution in [2.45, 2.75) is 39.5 Å². The zero-order valence-corrected chi connectivity index (χ0v) is 18.5. The molecule has 0 saturated carbocycles. The van der Waals surface area contributed by atoms with Gasteiger partial charge in [0.15, 0.2) is 0 Å². The van der Waals surface area contributed by atoms with Crippen LogP contribution in [0.3, 0.4) is 0 Å². The fourth-order valence-electron chi connectivity index (χ4n) is 3.18. The summed E-state index contributed by atoms with van der Waals surface area (Å²) in [5.74, 6) is 1.02. The number of aromatic nitrogens is 1. The van der Waals surface area contributed by atoms with Crippen molar-refractivity contribution in [2.75, 3.05) is 13.7 Å². The number of ether oxygens (including phenoxy) is 3. The van der Waals surface area contributed by atoms with Gasteiger partial charge in [0.2, 0.25) is 5.89 Å². The number of hydrogen-bond donors (Lipinski definition) is 0. The molecule has 0 aliphatic carbocycles. The number of carbonyl (C=O) groups is 1. The number of benzene rings is 2. The second-order valence-corrected chi connectivity index (χ2v) is 7.27. The highest BCUT2D eigenvalue weighted by molar-refractivity contribution is 5.72. The molecule has 0 aliphatic heterocycles. The Morgan fingerprint density at radius 1 is 1.12 bits per heavy atom. The maximum atomic E-state index is 12.3. The molecular weight excluding hydrogens is 439 g/mol. The summed E-state index contributed by atoms with van der Waals surface area (Å²) in [5.41, 5.74) is 2.98. The molecule has 0 radical (unpaired) electrons. The van der Waals surface area contributed by atoms with Gasteiger partial charge in [0.1, 0.15) is 17.3 Å². The summed E-state index contributed by atoms with van der Waals surface area (Å²) in [6, 6.07) is 10.9. The van der Waals surface area contributed by atoms with E-state index in [1.807, 2.05) is 32.0 Å². The minimum Gasteiger partial charge on any atom is -0.493 e. The summed E-state index contributed by atoms with van der Waals surface area (Å²) in [6.45, 7) is 4.17. The lowest BCUT2D eigenvalue weighted by Crippen LogP contribution is -2.16. The van der Waals surface area contributed by atoms with Crippen molar-refractivity contribution in [3.8, 4) is 23.0 Å². The third-order valence-corrected chi connectivity index (χ3v) is 4.86. The minimum atomic E-state index is -4.75. The summed E-state index contributed by atoms with van der Waals surface area (Å²) < 4.78 is 57.3. The molecule has 6 nitrogen and oxygen atoms in total. The van der Waals surface area contributed by atoms with E-state index >= 15 is 0 Å². The number of halogens is 3. The Bertz CT molecular complexity index is 1090. The van der Waals surface area contributed by atoms with E-state index in [2.05, 4.69) is 9.72 Å². The first-order valence-corrected chi connectivity index (χ1v) is 10.3. The van der Waals surface area contributed by atoms with Crippen LogP contribution in [0.25, 0.3) is 11.5 Å². The number of rotatable bonds is 9. The van der Waals surface area contributed by atoms with E-state index in [1.54, 1.807) is 0 Å². The van der Waals surface area contributed by atoms with E-state index < -0.39 is 6.36 Å². The van der Waals surface area contributed by atoms with Gasteiger partial charge in [0.25, 0.3) is 0 Å². The van der Waals surface area contributed by atoms with Crippen molar-refractivity contribution in [1.29, 1.82) is 0 Å². The molecule has 0 unspecified atom stereocenters. The SMILES string of the molecule is CCc1oc(-c2ccc(OC(F)(F)F)cc2)nc1CCOc1cc(CC(=O)OC)ccc1C. The summed E-state index contributed by atoms with van der Waals surface area (Å²) in [6.07, 6.45) is -3.51. The Hall–Kier alpha value is -3.49. The Morgan fingerprint density at radius 2 is 1.85 bits per heavy atom. The summed E-state index contributed by atoms with van der Waals surface area (Å²) in [5, 5.41) is 0. The molecule has 3 rings (SSSR count). The van der Waals surface area contributed by atoms with Crippen LogP contribution in [0, 0.1) is 6.92 Å². The van der Waals surface area contributed by atoms with E-state index in [1.165, 1.54) is 31.4 Å². The van der Waals surface area contributed by atoms with Crippen molar-refractivity contribution < 1.29 is 36.6 Å². The normalized spacial score (nSPS) is 11.3. The van der Waals surface area contributed by atoms with E-state index in [9.17, 15) is 18.0 Å². The zero-order valence-electron chi connectivity index (χ0n) is 18.5. The van der Waals surface area contributed by atoms with Gasteiger partial charge in [0.05, 0.1) is 25.8 Å². The van der Waals surface area contributed by atoms with Gasteiger partial charge in [-0.05, 0) is 48.4 Å². The van der Waals surface area contributed by atoms with Gasteiger partial charge in [0, 0.05) is 18.4 Å². The van der Waals surface area contributed by atoms with Gasteiger partial charge >= 0.3 is 12.3 Å². The van der Waals surface area contributed by atoms with Gasteiger partial charge in [-0.15, -0.1) is 13.2 Å². The monoisotopic (exact) mass is 463 g/mol. The Morgan fingerprint density at radius 3 is 2.48 bits per heavy atom. The Balaban J connectivity index is 1.67. The number of esters is 1. The molecule has 1 aromatic heterocycles. The highest BCUT2D eigenvalue weighted by Gasteiger charge is 2.31. The van der Waals surface area contributed by atoms with Crippen LogP contribution in [0.2, 0.25) is 0 Å². The average Bonchev–Trinajstić information content (AvgIpc) is 3.18. The van der Waals surface area contributed by atoms with Gasteiger partial charge in [-0.1, -0.05) is 19.1 Å². The topological polar surface area (TPSA) is 70.8 Å². The maximum Gasteiger partial charge on any atom is 0.573 e. The van der Waals surface area contributed by atoms with Crippen LogP contribution in [0.4, 0.5) is 13.2 Å². The standard InChI is InChI=1S/C24H24F3NO5/c1-4-20-19(11-12-31-21-13-16(6-5-15(21)2)14-22(29)30-3)28-23(32-20)17-7-9-18(10-8-17)33-24(25,26)27/h5-10,13H,4,11-12,14H2,1-3H3. The summed E-state index contributed by atoms with van der Waals surface area (Å²) in [7, 11) is 1.34. The first kappa shape index (κ1) is 24.2. The molecule has 0 fully saturated rings. The predicted molar refractivity (Wildman–Crippen MR) is 114 cm³/mol. The molecule has 2 aromatic carbocycles. The van der Waals surface area contributed by atoms with Crippen LogP contribution >= 0.6 is 0 Å². The van der Waals surface area contributed by atoms with Crippen LogP contribution in [0.5, 0.6) is 11.5 Å². The molecule has 9 heteroatoms. The molecular formula is C24H24F3NO5. The van der Waals surface area contributed by atoms with Crippen molar-refractivity contribution in [3.05, 3.63) is 65.0 Å². The highest BCUT2D eigenvalue weighted by atomic mass is 19.4. The van der Waals surface area contributed by atoms with Crippen LogP contribution in [0.1, 0.15) is 29.5 Å². The number of nitrogens with zero attached hydrogens (tertiary/aromatic N) is 1. The van der Waals surface area contributed by atoms with E-state index in [0.29, 0.717) is 48.1 Å². The maximum absolute atomic E-state index is 12.3. The third-order valence-electron chi connectivity index (χ3n) is 4.86. The molecule has 0 amide bonds. The van der Waals surface area contributed by atoms with E-state index in [0.717, 1.165) is 11.1 Å². The number of alkyl halides is 3. The molecule has 0 bridgehead atoms. The summed E-state index contributed by atoms with van der Waals surface area (Å²) in [4.78, 5) is 16.0. The number of methoxy groups -OCH3 is 1. The van der Waals surface area contributed by atoms with Crippen LogP contribution < -0.4 is 9.47 Å². The Labute approximate surface area is 189 Å².